The zero-order valence-corrected chi connectivity index (χ0v) is 12.4. The lowest BCUT2D eigenvalue weighted by Gasteiger charge is -2.10. The number of benzene rings is 1. The maximum Gasteiger partial charge on any atom is 0.224 e. The topological polar surface area (TPSA) is 63.2 Å². The SMILES string of the molecule is O=C(NCc1cc(Br)ccc1F)C1CCS(=O)(=O)C1. The Balaban J connectivity index is 1.96. The Hall–Kier alpha value is -0.950. The molecule has 2 rings (SSSR count). The van der Waals surface area contributed by atoms with Crippen molar-refractivity contribution in [1.82, 2.24) is 5.32 Å². The number of sulfone groups is 1. The van der Waals surface area contributed by atoms with Gasteiger partial charge in [-0.3, -0.25) is 4.79 Å². The molecule has 0 spiro atoms. The minimum Gasteiger partial charge on any atom is -0.352 e. The molecule has 0 bridgehead atoms. The summed E-state index contributed by atoms with van der Waals surface area (Å²) in [7, 11) is -3.08. The first-order chi connectivity index (χ1) is 8.87. The summed E-state index contributed by atoms with van der Waals surface area (Å²) in [5.41, 5.74) is 0.364. The lowest BCUT2D eigenvalue weighted by atomic mass is 10.1. The van der Waals surface area contributed by atoms with Crippen LogP contribution in [-0.2, 0) is 21.2 Å². The van der Waals surface area contributed by atoms with E-state index >= 15 is 0 Å². The van der Waals surface area contributed by atoms with Gasteiger partial charge >= 0.3 is 0 Å². The predicted octanol–water partition coefficient (Wildman–Crippen LogP) is 1.64. The van der Waals surface area contributed by atoms with Gasteiger partial charge in [0.15, 0.2) is 9.84 Å². The lowest BCUT2D eigenvalue weighted by Crippen LogP contribution is -2.31. The highest BCUT2D eigenvalue weighted by atomic mass is 79.9. The summed E-state index contributed by atoms with van der Waals surface area (Å²) in [6, 6.07) is 4.47. The molecule has 1 aromatic carbocycles. The first-order valence-corrected chi connectivity index (χ1v) is 8.41. The van der Waals surface area contributed by atoms with Gasteiger partial charge < -0.3 is 5.32 Å². The zero-order valence-electron chi connectivity index (χ0n) is 10.0. The van der Waals surface area contributed by atoms with Crippen molar-refractivity contribution in [2.45, 2.75) is 13.0 Å². The van der Waals surface area contributed by atoms with Crippen LogP contribution in [0.15, 0.2) is 22.7 Å². The molecule has 1 fully saturated rings. The molecule has 0 saturated carbocycles. The molecule has 1 unspecified atom stereocenters. The van der Waals surface area contributed by atoms with Gasteiger partial charge in [-0.1, -0.05) is 15.9 Å². The number of halogens is 2. The maximum absolute atomic E-state index is 13.5. The van der Waals surface area contributed by atoms with E-state index in [4.69, 9.17) is 0 Å². The summed E-state index contributed by atoms with van der Waals surface area (Å²) in [4.78, 5) is 11.8. The summed E-state index contributed by atoms with van der Waals surface area (Å²) in [6.45, 7) is 0.0562. The molecule has 1 saturated heterocycles. The number of amides is 1. The van der Waals surface area contributed by atoms with Crippen molar-refractivity contribution in [2.24, 2.45) is 5.92 Å². The van der Waals surface area contributed by atoms with Crippen molar-refractivity contribution in [3.05, 3.63) is 34.1 Å². The number of carbonyl (C=O) groups excluding carboxylic acids is 1. The number of hydrogen-bond acceptors (Lipinski definition) is 3. The molecule has 1 amide bonds. The van der Waals surface area contributed by atoms with Crippen LogP contribution in [0.1, 0.15) is 12.0 Å². The highest BCUT2D eigenvalue weighted by molar-refractivity contribution is 9.10. The van der Waals surface area contributed by atoms with Crippen LogP contribution in [0.4, 0.5) is 4.39 Å². The van der Waals surface area contributed by atoms with Gasteiger partial charge in [-0.15, -0.1) is 0 Å². The van der Waals surface area contributed by atoms with Crippen LogP contribution < -0.4 is 5.32 Å². The Labute approximate surface area is 119 Å². The second kappa shape index (κ2) is 5.58. The smallest absolute Gasteiger partial charge is 0.224 e. The van der Waals surface area contributed by atoms with Gasteiger partial charge in [0.2, 0.25) is 5.91 Å². The van der Waals surface area contributed by atoms with E-state index in [2.05, 4.69) is 21.2 Å². The van der Waals surface area contributed by atoms with E-state index in [1.54, 1.807) is 12.1 Å². The van der Waals surface area contributed by atoms with E-state index in [9.17, 15) is 17.6 Å². The lowest BCUT2D eigenvalue weighted by molar-refractivity contribution is -0.124. The Bertz CT molecular complexity index is 603. The van der Waals surface area contributed by atoms with E-state index in [1.165, 1.54) is 6.07 Å². The number of hydrogen-bond donors (Lipinski definition) is 1. The molecule has 1 aliphatic rings. The summed E-state index contributed by atoms with van der Waals surface area (Å²) < 4.78 is 36.7. The Morgan fingerprint density at radius 2 is 2.21 bits per heavy atom. The third-order valence-electron chi connectivity index (χ3n) is 3.06. The fraction of sp³-hybridized carbons (Fsp3) is 0.417. The number of rotatable bonds is 3. The molecule has 1 heterocycles. The van der Waals surface area contributed by atoms with Gasteiger partial charge in [-0.2, -0.15) is 0 Å². The molecule has 7 heteroatoms. The Morgan fingerprint density at radius 3 is 2.84 bits per heavy atom. The molecule has 1 atom stereocenters. The minimum absolute atomic E-state index is 0.0519. The molecule has 1 aliphatic heterocycles. The minimum atomic E-state index is -3.08. The van der Waals surface area contributed by atoms with Crippen LogP contribution in [-0.4, -0.2) is 25.8 Å². The van der Waals surface area contributed by atoms with Gasteiger partial charge in [0, 0.05) is 16.6 Å². The van der Waals surface area contributed by atoms with Crippen molar-refractivity contribution in [3.63, 3.8) is 0 Å². The molecule has 104 valence electrons. The number of carbonyl (C=O) groups is 1. The first-order valence-electron chi connectivity index (χ1n) is 5.79. The van der Waals surface area contributed by atoms with E-state index < -0.39 is 21.6 Å². The van der Waals surface area contributed by atoms with Gasteiger partial charge in [0.25, 0.3) is 0 Å². The summed E-state index contributed by atoms with van der Waals surface area (Å²) >= 11 is 3.23. The molecular weight excluding hydrogens is 337 g/mol. The van der Waals surface area contributed by atoms with Crippen molar-refractivity contribution in [2.75, 3.05) is 11.5 Å². The van der Waals surface area contributed by atoms with Crippen LogP contribution in [0, 0.1) is 11.7 Å². The molecule has 1 N–H and O–H groups in total. The van der Waals surface area contributed by atoms with E-state index in [0.717, 1.165) is 4.47 Å². The normalized spacial score (nSPS) is 21.3. The predicted molar refractivity (Wildman–Crippen MR) is 72.7 cm³/mol. The summed E-state index contributed by atoms with van der Waals surface area (Å²) in [5.74, 6) is -1.31. The molecule has 0 radical (unpaired) electrons. The molecular formula is C12H13BrFNO3S. The number of nitrogens with one attached hydrogen (secondary N) is 1. The highest BCUT2D eigenvalue weighted by Crippen LogP contribution is 2.19. The fourth-order valence-electron chi connectivity index (χ4n) is 2.01. The van der Waals surface area contributed by atoms with Crippen LogP contribution in [0.5, 0.6) is 0 Å². The standard InChI is InChI=1S/C12H13BrFNO3S/c13-10-1-2-11(14)9(5-10)6-15-12(16)8-3-4-19(17,18)7-8/h1-2,5,8H,3-4,6-7H2,(H,15,16). The van der Waals surface area contributed by atoms with Gasteiger partial charge in [0.1, 0.15) is 5.82 Å². The van der Waals surface area contributed by atoms with E-state index in [0.29, 0.717) is 12.0 Å². The average molecular weight is 350 g/mol. The van der Waals surface area contributed by atoms with Crippen molar-refractivity contribution >= 4 is 31.7 Å². The largest absolute Gasteiger partial charge is 0.352 e. The monoisotopic (exact) mass is 349 g/mol. The summed E-state index contributed by atoms with van der Waals surface area (Å²) in [6.07, 6.45) is 0.342. The first kappa shape index (κ1) is 14.5. The van der Waals surface area contributed by atoms with Gasteiger partial charge in [-0.05, 0) is 24.6 Å². The highest BCUT2D eigenvalue weighted by Gasteiger charge is 2.32. The average Bonchev–Trinajstić information content (AvgIpc) is 2.70. The van der Waals surface area contributed by atoms with Gasteiger partial charge in [0.05, 0.1) is 17.4 Å². The quantitative estimate of drug-likeness (QED) is 0.902. The molecule has 0 aromatic heterocycles. The van der Waals surface area contributed by atoms with Crippen LogP contribution in [0.25, 0.3) is 0 Å². The van der Waals surface area contributed by atoms with Crippen LogP contribution >= 0.6 is 15.9 Å². The van der Waals surface area contributed by atoms with Gasteiger partial charge in [-0.25, -0.2) is 12.8 Å². The molecule has 4 nitrogen and oxygen atoms in total. The zero-order chi connectivity index (χ0) is 14.0. The molecule has 1 aromatic rings. The summed E-state index contributed by atoms with van der Waals surface area (Å²) in [5, 5.41) is 2.58. The van der Waals surface area contributed by atoms with Crippen LogP contribution in [0.2, 0.25) is 0 Å². The van der Waals surface area contributed by atoms with E-state index in [1.807, 2.05) is 0 Å². The Kier molecular flexibility index (Phi) is 4.25. The molecule has 0 aliphatic carbocycles. The van der Waals surface area contributed by atoms with E-state index in [-0.39, 0.29) is 24.0 Å². The second-order valence-corrected chi connectivity index (χ2v) is 7.70. The molecule has 19 heavy (non-hydrogen) atoms. The van der Waals surface area contributed by atoms with Crippen molar-refractivity contribution in [3.8, 4) is 0 Å². The Morgan fingerprint density at radius 1 is 1.47 bits per heavy atom. The van der Waals surface area contributed by atoms with Crippen molar-refractivity contribution < 1.29 is 17.6 Å². The second-order valence-electron chi connectivity index (χ2n) is 4.55. The third-order valence-corrected chi connectivity index (χ3v) is 5.33. The fourth-order valence-corrected chi connectivity index (χ4v) is 4.16. The maximum atomic E-state index is 13.5. The third kappa shape index (κ3) is 3.76. The van der Waals surface area contributed by atoms with Crippen LogP contribution in [0.3, 0.4) is 0 Å². The van der Waals surface area contributed by atoms with Crippen molar-refractivity contribution in [1.29, 1.82) is 0 Å².